The molecule has 1 saturated carbocycles. The van der Waals surface area contributed by atoms with E-state index in [-0.39, 0.29) is 17.4 Å². The molecule has 1 aromatic carbocycles. The molecule has 1 aliphatic rings. The smallest absolute Gasteiger partial charge is 0.387 e. The van der Waals surface area contributed by atoms with Gasteiger partial charge in [-0.1, -0.05) is 54.5 Å². The summed E-state index contributed by atoms with van der Waals surface area (Å²) >= 11 is 2.84. The molecule has 0 saturated heterocycles. The van der Waals surface area contributed by atoms with Crippen molar-refractivity contribution < 1.29 is 18.3 Å². The molecule has 158 valence electrons. The summed E-state index contributed by atoms with van der Waals surface area (Å²) in [6.07, 6.45) is 6.14. The van der Waals surface area contributed by atoms with Crippen molar-refractivity contribution in [1.82, 2.24) is 15.1 Å². The Hall–Kier alpha value is -1.94. The SMILES string of the molecule is CN(Cc1ccc(OC(F)F)cc1)C(=O)CSc1nnc(NC2CCCCC2)s1. The second-order valence-corrected chi connectivity index (χ2v) is 9.11. The zero-order valence-corrected chi connectivity index (χ0v) is 17.8. The molecule has 1 N–H and O–H groups in total. The van der Waals surface area contributed by atoms with Crippen LogP contribution in [-0.2, 0) is 11.3 Å². The van der Waals surface area contributed by atoms with Crippen LogP contribution in [-0.4, -0.2) is 46.5 Å². The van der Waals surface area contributed by atoms with Crippen LogP contribution in [0.15, 0.2) is 28.6 Å². The number of hydrogen-bond donors (Lipinski definition) is 1. The molecular formula is C19H24F2N4O2S2. The van der Waals surface area contributed by atoms with Gasteiger partial charge in [-0.25, -0.2) is 0 Å². The van der Waals surface area contributed by atoms with Crippen molar-refractivity contribution in [2.45, 2.75) is 55.6 Å². The Bertz CT molecular complexity index is 783. The quantitative estimate of drug-likeness (QED) is 0.571. The number of amides is 1. The fourth-order valence-electron chi connectivity index (χ4n) is 3.12. The van der Waals surface area contributed by atoms with Crippen LogP contribution < -0.4 is 10.1 Å². The highest BCUT2D eigenvalue weighted by Gasteiger charge is 2.16. The maximum atomic E-state index is 12.4. The normalized spacial score (nSPS) is 14.8. The van der Waals surface area contributed by atoms with Gasteiger partial charge in [-0.15, -0.1) is 10.2 Å². The van der Waals surface area contributed by atoms with E-state index in [9.17, 15) is 13.6 Å². The summed E-state index contributed by atoms with van der Waals surface area (Å²) in [5.41, 5.74) is 0.836. The Kier molecular flexibility index (Phi) is 8.05. The Labute approximate surface area is 177 Å². The van der Waals surface area contributed by atoms with Crippen LogP contribution in [0.3, 0.4) is 0 Å². The van der Waals surface area contributed by atoms with E-state index in [2.05, 4.69) is 20.3 Å². The van der Waals surface area contributed by atoms with E-state index < -0.39 is 6.61 Å². The van der Waals surface area contributed by atoms with Crippen LogP contribution in [0.5, 0.6) is 5.75 Å². The molecular weight excluding hydrogens is 418 g/mol. The summed E-state index contributed by atoms with van der Waals surface area (Å²) in [6.45, 7) is -2.46. The molecule has 0 aliphatic heterocycles. The van der Waals surface area contributed by atoms with Gasteiger partial charge in [-0.05, 0) is 30.5 Å². The summed E-state index contributed by atoms with van der Waals surface area (Å²) in [4.78, 5) is 14.0. The van der Waals surface area contributed by atoms with E-state index in [1.807, 2.05) is 0 Å². The number of alkyl halides is 2. The summed E-state index contributed by atoms with van der Waals surface area (Å²) in [5.74, 6) is 0.323. The van der Waals surface area contributed by atoms with Crippen molar-refractivity contribution in [3.05, 3.63) is 29.8 Å². The zero-order chi connectivity index (χ0) is 20.6. The average Bonchev–Trinajstić information content (AvgIpc) is 3.15. The third-order valence-corrected chi connectivity index (χ3v) is 6.62. The number of carbonyl (C=O) groups excluding carboxylic acids is 1. The molecule has 29 heavy (non-hydrogen) atoms. The Morgan fingerprint density at radius 1 is 1.28 bits per heavy atom. The van der Waals surface area contributed by atoms with Crippen molar-refractivity contribution in [3.8, 4) is 5.75 Å². The minimum atomic E-state index is -2.85. The minimum absolute atomic E-state index is 0.0418. The fraction of sp³-hybridized carbons (Fsp3) is 0.526. The summed E-state index contributed by atoms with van der Waals surface area (Å²) < 4.78 is 29.5. The molecule has 1 fully saturated rings. The number of benzene rings is 1. The number of thioether (sulfide) groups is 1. The van der Waals surface area contributed by atoms with Gasteiger partial charge < -0.3 is 15.0 Å². The minimum Gasteiger partial charge on any atom is -0.435 e. The Morgan fingerprint density at radius 3 is 2.69 bits per heavy atom. The first-order valence-electron chi connectivity index (χ1n) is 9.50. The summed E-state index contributed by atoms with van der Waals surface area (Å²) in [5, 5.41) is 12.6. The fourth-order valence-corrected chi connectivity index (χ4v) is 4.89. The lowest BCUT2D eigenvalue weighted by atomic mass is 9.96. The maximum absolute atomic E-state index is 12.4. The van der Waals surface area contributed by atoms with Gasteiger partial charge >= 0.3 is 6.61 Å². The summed E-state index contributed by atoms with van der Waals surface area (Å²) in [6, 6.07) is 6.75. The lowest BCUT2D eigenvalue weighted by Crippen LogP contribution is -2.27. The van der Waals surface area contributed by atoms with Crippen LogP contribution >= 0.6 is 23.1 Å². The third kappa shape index (κ3) is 7.11. The monoisotopic (exact) mass is 442 g/mol. The third-order valence-electron chi connectivity index (χ3n) is 4.65. The van der Waals surface area contributed by atoms with E-state index >= 15 is 0 Å². The van der Waals surface area contributed by atoms with Crippen molar-refractivity contribution in [1.29, 1.82) is 0 Å². The number of halogens is 2. The van der Waals surface area contributed by atoms with Gasteiger partial charge in [0.05, 0.1) is 5.75 Å². The van der Waals surface area contributed by atoms with Crippen molar-refractivity contribution in [2.24, 2.45) is 0 Å². The number of nitrogens with zero attached hydrogens (tertiary/aromatic N) is 3. The first-order valence-corrected chi connectivity index (χ1v) is 11.3. The molecule has 0 unspecified atom stereocenters. The van der Waals surface area contributed by atoms with Gasteiger partial charge in [0.2, 0.25) is 11.0 Å². The Balaban J connectivity index is 1.42. The van der Waals surface area contributed by atoms with Crippen LogP contribution in [0.25, 0.3) is 0 Å². The molecule has 0 bridgehead atoms. The first kappa shape index (κ1) is 21.8. The van der Waals surface area contributed by atoms with Crippen molar-refractivity contribution >= 4 is 34.1 Å². The molecule has 1 heterocycles. The van der Waals surface area contributed by atoms with E-state index in [0.29, 0.717) is 12.6 Å². The second-order valence-electron chi connectivity index (χ2n) is 6.91. The van der Waals surface area contributed by atoms with Gasteiger partial charge in [0, 0.05) is 19.6 Å². The van der Waals surface area contributed by atoms with Gasteiger partial charge in [0.15, 0.2) is 4.34 Å². The van der Waals surface area contributed by atoms with E-state index in [1.165, 1.54) is 67.3 Å². The number of hydrogen-bond acceptors (Lipinski definition) is 7. The van der Waals surface area contributed by atoms with E-state index in [1.54, 1.807) is 24.1 Å². The topological polar surface area (TPSA) is 67.3 Å². The van der Waals surface area contributed by atoms with Crippen molar-refractivity contribution in [3.63, 3.8) is 0 Å². The molecule has 6 nitrogen and oxygen atoms in total. The number of ether oxygens (including phenoxy) is 1. The van der Waals surface area contributed by atoms with Crippen LogP contribution in [0.4, 0.5) is 13.9 Å². The van der Waals surface area contributed by atoms with Crippen LogP contribution in [0.1, 0.15) is 37.7 Å². The van der Waals surface area contributed by atoms with Gasteiger partial charge in [0.25, 0.3) is 0 Å². The highest BCUT2D eigenvalue weighted by atomic mass is 32.2. The largest absolute Gasteiger partial charge is 0.435 e. The average molecular weight is 443 g/mol. The predicted octanol–water partition coefficient (Wildman–Crippen LogP) is 4.63. The number of carbonyl (C=O) groups is 1. The molecule has 3 rings (SSSR count). The molecule has 1 aromatic heterocycles. The molecule has 1 aliphatic carbocycles. The molecule has 2 aromatic rings. The van der Waals surface area contributed by atoms with E-state index in [4.69, 9.17) is 0 Å². The van der Waals surface area contributed by atoms with Gasteiger partial charge in [-0.2, -0.15) is 8.78 Å². The molecule has 0 atom stereocenters. The first-order chi connectivity index (χ1) is 14.0. The standard InChI is InChI=1S/C19H24F2N4O2S2/c1-25(11-13-7-9-15(10-8-13)27-17(20)21)16(26)12-28-19-24-23-18(29-19)22-14-5-3-2-4-6-14/h7-10,14,17H,2-6,11-12H2,1H3,(H,22,23). The summed E-state index contributed by atoms with van der Waals surface area (Å²) in [7, 11) is 1.71. The van der Waals surface area contributed by atoms with Gasteiger partial charge in [0.1, 0.15) is 5.75 Å². The van der Waals surface area contributed by atoms with Crippen molar-refractivity contribution in [2.75, 3.05) is 18.1 Å². The van der Waals surface area contributed by atoms with Crippen LogP contribution in [0, 0.1) is 0 Å². The lowest BCUT2D eigenvalue weighted by Gasteiger charge is -2.21. The number of aromatic nitrogens is 2. The molecule has 10 heteroatoms. The molecule has 0 radical (unpaired) electrons. The zero-order valence-electron chi connectivity index (χ0n) is 16.1. The lowest BCUT2D eigenvalue weighted by molar-refractivity contribution is -0.127. The van der Waals surface area contributed by atoms with Gasteiger partial charge in [-0.3, -0.25) is 4.79 Å². The number of nitrogens with one attached hydrogen (secondary N) is 1. The molecule has 0 spiro atoms. The van der Waals surface area contributed by atoms with E-state index in [0.717, 1.165) is 15.0 Å². The highest BCUT2D eigenvalue weighted by molar-refractivity contribution is 8.01. The second kappa shape index (κ2) is 10.7. The number of anilines is 1. The maximum Gasteiger partial charge on any atom is 0.387 e. The van der Waals surface area contributed by atoms with Crippen LogP contribution in [0.2, 0.25) is 0 Å². The molecule has 1 amide bonds. The Morgan fingerprint density at radius 2 is 2.00 bits per heavy atom. The number of rotatable bonds is 9. The highest BCUT2D eigenvalue weighted by Crippen LogP contribution is 2.28. The predicted molar refractivity (Wildman–Crippen MR) is 111 cm³/mol.